The summed E-state index contributed by atoms with van der Waals surface area (Å²) in [7, 11) is 0. The summed E-state index contributed by atoms with van der Waals surface area (Å²) in [4.78, 5) is 14.5. The van der Waals surface area contributed by atoms with Gasteiger partial charge < -0.3 is 10.1 Å². The number of ether oxygens (including phenoxy) is 1. The zero-order valence-corrected chi connectivity index (χ0v) is 14.8. The third-order valence-electron chi connectivity index (χ3n) is 4.27. The van der Waals surface area contributed by atoms with Gasteiger partial charge in [0.15, 0.2) is 0 Å². The molecular formula is C19H30N2O2. The fraction of sp³-hybridized carbons (Fsp3) is 0.632. The van der Waals surface area contributed by atoms with Crippen molar-refractivity contribution in [1.82, 2.24) is 10.2 Å². The Kier molecular flexibility index (Phi) is 6.05. The summed E-state index contributed by atoms with van der Waals surface area (Å²) in [6, 6.07) is 10.7. The van der Waals surface area contributed by atoms with Gasteiger partial charge in [-0.15, -0.1) is 0 Å². The second kappa shape index (κ2) is 7.82. The van der Waals surface area contributed by atoms with Crippen LogP contribution in [-0.2, 0) is 11.3 Å². The molecule has 0 saturated carbocycles. The van der Waals surface area contributed by atoms with Crippen molar-refractivity contribution in [2.75, 3.05) is 13.1 Å². The van der Waals surface area contributed by atoms with Crippen molar-refractivity contribution in [3.05, 3.63) is 35.9 Å². The number of carbonyl (C=O) groups is 1. The largest absolute Gasteiger partial charge is 0.444 e. The first-order chi connectivity index (χ1) is 10.9. The Labute approximate surface area is 140 Å². The molecule has 0 bridgehead atoms. The highest BCUT2D eigenvalue weighted by atomic mass is 16.6. The highest BCUT2D eigenvalue weighted by molar-refractivity contribution is 5.68. The van der Waals surface area contributed by atoms with Crippen molar-refractivity contribution in [2.45, 2.75) is 58.7 Å². The molecule has 2 atom stereocenters. The van der Waals surface area contributed by atoms with Crippen molar-refractivity contribution >= 4 is 6.09 Å². The van der Waals surface area contributed by atoms with E-state index in [1.807, 2.05) is 26.8 Å². The van der Waals surface area contributed by atoms with Crippen LogP contribution < -0.4 is 5.32 Å². The molecule has 23 heavy (non-hydrogen) atoms. The van der Waals surface area contributed by atoms with Gasteiger partial charge >= 0.3 is 6.09 Å². The Bertz CT molecular complexity index is 496. The average molecular weight is 318 g/mol. The molecule has 1 fully saturated rings. The van der Waals surface area contributed by atoms with Crippen LogP contribution in [0.4, 0.5) is 4.79 Å². The van der Waals surface area contributed by atoms with Gasteiger partial charge in [0.05, 0.1) is 0 Å². The van der Waals surface area contributed by atoms with Crippen LogP contribution >= 0.6 is 0 Å². The van der Waals surface area contributed by atoms with Crippen molar-refractivity contribution in [1.29, 1.82) is 0 Å². The van der Waals surface area contributed by atoms with Gasteiger partial charge in [-0.25, -0.2) is 4.79 Å². The van der Waals surface area contributed by atoms with Gasteiger partial charge in [-0.3, -0.25) is 4.90 Å². The normalized spacial score (nSPS) is 20.3. The number of nitrogens with one attached hydrogen (secondary N) is 1. The third-order valence-corrected chi connectivity index (χ3v) is 4.27. The lowest BCUT2D eigenvalue weighted by molar-refractivity contribution is 0.0484. The van der Waals surface area contributed by atoms with Gasteiger partial charge in [0, 0.05) is 19.1 Å². The van der Waals surface area contributed by atoms with E-state index in [1.165, 1.54) is 5.56 Å². The van der Waals surface area contributed by atoms with Gasteiger partial charge in [-0.05, 0) is 51.6 Å². The molecule has 0 spiro atoms. The first-order valence-corrected chi connectivity index (χ1v) is 8.63. The molecule has 1 aromatic carbocycles. The topological polar surface area (TPSA) is 41.6 Å². The predicted molar refractivity (Wildman–Crippen MR) is 93.3 cm³/mol. The van der Waals surface area contributed by atoms with E-state index < -0.39 is 5.60 Å². The number of likely N-dealkylation sites (tertiary alicyclic amines) is 1. The fourth-order valence-electron chi connectivity index (χ4n) is 3.19. The molecule has 4 heteroatoms. The molecular weight excluding hydrogens is 288 g/mol. The Balaban J connectivity index is 1.84. The zero-order chi connectivity index (χ0) is 16.9. The van der Waals surface area contributed by atoms with Gasteiger partial charge in [0.1, 0.15) is 5.60 Å². The fourth-order valence-corrected chi connectivity index (χ4v) is 3.19. The van der Waals surface area contributed by atoms with Crippen molar-refractivity contribution < 1.29 is 9.53 Å². The molecule has 2 rings (SSSR count). The molecule has 1 amide bonds. The van der Waals surface area contributed by atoms with Crippen LogP contribution in [-0.4, -0.2) is 35.7 Å². The molecule has 0 aliphatic carbocycles. The quantitative estimate of drug-likeness (QED) is 0.897. The standard InChI is InChI=1S/C19H30N2O2/c1-5-17(20-18(22)23-19(2,3)4)16-11-12-21(14-16)13-15-9-7-6-8-10-15/h6-10,16-17H,5,11-14H2,1-4H3,(H,20,22)/t16-,17+/m1/s1. The molecule has 128 valence electrons. The third kappa shape index (κ3) is 5.87. The van der Waals surface area contributed by atoms with E-state index in [2.05, 4.69) is 41.4 Å². The Morgan fingerprint density at radius 1 is 1.35 bits per heavy atom. The molecule has 0 aromatic heterocycles. The summed E-state index contributed by atoms with van der Waals surface area (Å²) in [6.45, 7) is 10.9. The van der Waals surface area contributed by atoms with E-state index in [9.17, 15) is 4.79 Å². The molecule has 1 N–H and O–H groups in total. The number of carbonyl (C=O) groups excluding carboxylic acids is 1. The lowest BCUT2D eigenvalue weighted by atomic mass is 9.97. The summed E-state index contributed by atoms with van der Waals surface area (Å²) >= 11 is 0. The van der Waals surface area contributed by atoms with Gasteiger partial charge in [-0.1, -0.05) is 37.3 Å². The first kappa shape index (κ1) is 17.8. The van der Waals surface area contributed by atoms with Gasteiger partial charge in [-0.2, -0.15) is 0 Å². The molecule has 4 nitrogen and oxygen atoms in total. The molecule has 1 aliphatic rings. The minimum absolute atomic E-state index is 0.186. The average Bonchev–Trinajstić information content (AvgIpc) is 2.92. The maximum Gasteiger partial charge on any atom is 0.407 e. The van der Waals surface area contributed by atoms with Gasteiger partial charge in [0.2, 0.25) is 0 Å². The molecule has 1 saturated heterocycles. The summed E-state index contributed by atoms with van der Waals surface area (Å²) in [5.41, 5.74) is 0.901. The minimum atomic E-state index is -0.447. The predicted octanol–water partition coefficient (Wildman–Crippen LogP) is 3.81. The van der Waals surface area contributed by atoms with Crippen LogP contribution in [0.2, 0.25) is 0 Å². The summed E-state index contributed by atoms with van der Waals surface area (Å²) < 4.78 is 5.39. The van der Waals surface area contributed by atoms with E-state index in [0.717, 1.165) is 32.5 Å². The number of rotatable bonds is 5. The number of amides is 1. The van der Waals surface area contributed by atoms with Crippen LogP contribution in [0, 0.1) is 5.92 Å². The lowest BCUT2D eigenvalue weighted by Gasteiger charge is -2.26. The number of hydrogen-bond acceptors (Lipinski definition) is 3. The summed E-state index contributed by atoms with van der Waals surface area (Å²) in [5, 5.41) is 3.06. The van der Waals surface area contributed by atoms with Crippen molar-refractivity contribution in [2.24, 2.45) is 5.92 Å². The number of benzene rings is 1. The van der Waals surface area contributed by atoms with Crippen molar-refractivity contribution in [3.8, 4) is 0 Å². The maximum absolute atomic E-state index is 12.0. The van der Waals surface area contributed by atoms with E-state index >= 15 is 0 Å². The van der Waals surface area contributed by atoms with Crippen LogP contribution in [0.3, 0.4) is 0 Å². The van der Waals surface area contributed by atoms with Crippen LogP contribution in [0.15, 0.2) is 30.3 Å². The van der Waals surface area contributed by atoms with E-state index in [-0.39, 0.29) is 12.1 Å². The Morgan fingerprint density at radius 2 is 2.04 bits per heavy atom. The molecule has 1 aromatic rings. The highest BCUT2D eigenvalue weighted by Gasteiger charge is 2.30. The summed E-state index contributed by atoms with van der Waals surface area (Å²) in [6.07, 6.45) is 1.76. The number of nitrogens with zero attached hydrogens (tertiary/aromatic N) is 1. The lowest BCUT2D eigenvalue weighted by Crippen LogP contribution is -2.43. The number of hydrogen-bond donors (Lipinski definition) is 1. The maximum atomic E-state index is 12.0. The van der Waals surface area contributed by atoms with Crippen LogP contribution in [0.1, 0.15) is 46.1 Å². The monoisotopic (exact) mass is 318 g/mol. The summed E-state index contributed by atoms with van der Waals surface area (Å²) in [5.74, 6) is 0.497. The molecule has 1 aliphatic heterocycles. The SMILES string of the molecule is CC[C@H](NC(=O)OC(C)(C)C)[C@@H]1CCN(Cc2ccccc2)C1. The second-order valence-electron chi connectivity index (χ2n) is 7.43. The van der Waals surface area contributed by atoms with Crippen LogP contribution in [0.25, 0.3) is 0 Å². The zero-order valence-electron chi connectivity index (χ0n) is 14.8. The van der Waals surface area contributed by atoms with Crippen LogP contribution in [0.5, 0.6) is 0 Å². The van der Waals surface area contributed by atoms with Gasteiger partial charge in [0.25, 0.3) is 0 Å². The molecule has 1 heterocycles. The highest BCUT2D eigenvalue weighted by Crippen LogP contribution is 2.23. The number of alkyl carbamates (subject to hydrolysis) is 1. The Hall–Kier alpha value is -1.55. The first-order valence-electron chi connectivity index (χ1n) is 8.63. The van der Waals surface area contributed by atoms with E-state index in [0.29, 0.717) is 5.92 Å². The van der Waals surface area contributed by atoms with E-state index in [4.69, 9.17) is 4.74 Å². The second-order valence-corrected chi connectivity index (χ2v) is 7.43. The van der Waals surface area contributed by atoms with E-state index in [1.54, 1.807) is 0 Å². The smallest absolute Gasteiger partial charge is 0.407 e. The molecule has 0 unspecified atom stereocenters. The molecule has 0 radical (unpaired) electrons. The Morgan fingerprint density at radius 3 is 2.65 bits per heavy atom. The van der Waals surface area contributed by atoms with Crippen molar-refractivity contribution in [3.63, 3.8) is 0 Å². The minimum Gasteiger partial charge on any atom is -0.444 e.